The first kappa shape index (κ1) is 10.4. The Morgan fingerprint density at radius 3 is 2.88 bits per heavy atom. The molecule has 0 aliphatic carbocycles. The Morgan fingerprint density at radius 1 is 1.31 bits per heavy atom. The van der Waals surface area contributed by atoms with Crippen molar-refractivity contribution < 1.29 is 19.9 Å². The van der Waals surface area contributed by atoms with Crippen LogP contribution in [0.25, 0.3) is 0 Å². The van der Waals surface area contributed by atoms with Gasteiger partial charge in [0.25, 0.3) is 5.90 Å². The number of hydrogen-bond acceptors (Lipinski definition) is 6. The lowest BCUT2D eigenvalue weighted by Gasteiger charge is -1.97. The van der Waals surface area contributed by atoms with Gasteiger partial charge in [-0.1, -0.05) is 17.3 Å². The van der Waals surface area contributed by atoms with Gasteiger partial charge in [-0.3, -0.25) is 0 Å². The summed E-state index contributed by atoms with van der Waals surface area (Å²) in [7, 11) is 0. The minimum Gasteiger partial charge on any atom is -0.434 e. The smallest absolute Gasteiger partial charge is 0.285 e. The van der Waals surface area contributed by atoms with Gasteiger partial charge in [0.15, 0.2) is 5.71 Å². The molecule has 1 aromatic rings. The molecular weight excluding hydrogens is 212 g/mol. The van der Waals surface area contributed by atoms with Crippen LogP contribution in [0.3, 0.4) is 0 Å². The Kier molecular flexibility index (Phi) is 3.02. The predicted molar refractivity (Wildman–Crippen MR) is 55.9 cm³/mol. The van der Waals surface area contributed by atoms with Crippen molar-refractivity contribution in [3.63, 3.8) is 0 Å². The molecule has 0 atom stereocenters. The van der Waals surface area contributed by atoms with Crippen LogP contribution in [-0.2, 0) is 4.84 Å². The van der Waals surface area contributed by atoms with E-state index in [1.54, 1.807) is 18.2 Å². The van der Waals surface area contributed by atoms with Gasteiger partial charge in [0.2, 0.25) is 0 Å². The van der Waals surface area contributed by atoms with Crippen molar-refractivity contribution in [3.05, 3.63) is 29.8 Å². The second-order valence-corrected chi connectivity index (χ2v) is 3.00. The van der Waals surface area contributed by atoms with E-state index in [2.05, 4.69) is 10.3 Å². The molecule has 1 heterocycles. The molecule has 84 valence electrons. The van der Waals surface area contributed by atoms with Gasteiger partial charge in [-0.15, -0.1) is 0 Å². The monoisotopic (exact) mass is 222 g/mol. The Labute approximate surface area is 91.4 Å². The summed E-state index contributed by atoms with van der Waals surface area (Å²) >= 11 is 0. The largest absolute Gasteiger partial charge is 0.434 e. The topological polar surface area (TPSA) is 83.6 Å². The van der Waals surface area contributed by atoms with E-state index >= 15 is 0 Å². The SMILES string of the molecule is OCCON=C1C(=NO)Oc2ccccc21. The van der Waals surface area contributed by atoms with Crippen LogP contribution in [0.5, 0.6) is 5.75 Å². The van der Waals surface area contributed by atoms with E-state index in [1.165, 1.54) is 0 Å². The third-order valence-electron chi connectivity index (χ3n) is 1.98. The number of aliphatic hydroxyl groups excluding tert-OH is 1. The molecule has 16 heavy (non-hydrogen) atoms. The summed E-state index contributed by atoms with van der Waals surface area (Å²) in [6.45, 7) is -0.0603. The van der Waals surface area contributed by atoms with Gasteiger partial charge in [-0.25, -0.2) is 0 Å². The summed E-state index contributed by atoms with van der Waals surface area (Å²) in [5.74, 6) is 0.542. The van der Waals surface area contributed by atoms with E-state index in [9.17, 15) is 0 Å². The average molecular weight is 222 g/mol. The van der Waals surface area contributed by atoms with Gasteiger partial charge in [-0.2, -0.15) is 0 Å². The number of oxime groups is 2. The maximum absolute atomic E-state index is 8.74. The van der Waals surface area contributed by atoms with Crippen LogP contribution in [-0.4, -0.2) is 35.1 Å². The summed E-state index contributed by atoms with van der Waals surface area (Å²) < 4.78 is 5.23. The fraction of sp³-hybridized carbons (Fsp3) is 0.200. The van der Waals surface area contributed by atoms with Crippen LogP contribution in [0.2, 0.25) is 0 Å². The van der Waals surface area contributed by atoms with Crippen LogP contribution < -0.4 is 4.74 Å². The molecule has 1 aromatic carbocycles. The number of para-hydroxylation sites is 1. The second-order valence-electron chi connectivity index (χ2n) is 3.00. The Bertz CT molecular complexity index is 442. The van der Waals surface area contributed by atoms with Gasteiger partial charge in [0, 0.05) is 0 Å². The van der Waals surface area contributed by atoms with Crippen LogP contribution >= 0.6 is 0 Å². The molecule has 0 saturated heterocycles. The number of fused-ring (bicyclic) bond motifs is 1. The molecule has 0 bridgehead atoms. The molecule has 0 spiro atoms. The lowest BCUT2D eigenvalue weighted by atomic mass is 10.1. The van der Waals surface area contributed by atoms with Gasteiger partial charge in [0.1, 0.15) is 12.4 Å². The van der Waals surface area contributed by atoms with Crippen molar-refractivity contribution in [2.45, 2.75) is 0 Å². The molecule has 1 aliphatic rings. The third kappa shape index (κ3) is 1.82. The number of ether oxygens (including phenoxy) is 1. The average Bonchev–Trinajstić information content (AvgIpc) is 2.68. The number of aliphatic hydroxyl groups is 1. The number of nitrogens with zero attached hydrogens (tertiary/aromatic N) is 2. The van der Waals surface area contributed by atoms with Crippen molar-refractivity contribution in [1.29, 1.82) is 0 Å². The minimum atomic E-state index is -0.134. The zero-order valence-electron chi connectivity index (χ0n) is 8.33. The molecule has 0 fully saturated rings. The fourth-order valence-corrected chi connectivity index (χ4v) is 1.33. The van der Waals surface area contributed by atoms with Gasteiger partial charge in [-0.05, 0) is 17.3 Å². The Morgan fingerprint density at radius 2 is 2.12 bits per heavy atom. The lowest BCUT2D eigenvalue weighted by Crippen LogP contribution is -2.14. The van der Waals surface area contributed by atoms with E-state index in [4.69, 9.17) is 19.9 Å². The molecular formula is C10H10N2O4. The number of rotatable bonds is 3. The highest BCUT2D eigenvalue weighted by Crippen LogP contribution is 2.26. The Hall–Kier alpha value is -2.08. The molecule has 2 rings (SSSR count). The summed E-state index contributed by atoms with van der Waals surface area (Å²) in [4.78, 5) is 4.82. The predicted octanol–water partition coefficient (Wildman–Crippen LogP) is 0.580. The maximum atomic E-state index is 8.74. The maximum Gasteiger partial charge on any atom is 0.285 e. The minimum absolute atomic E-state index is 0.0147. The van der Waals surface area contributed by atoms with E-state index < -0.39 is 0 Å². The Balaban J connectivity index is 2.31. The standard InChI is InChI=1S/C10H10N2O4/c13-5-6-15-12-9-7-3-1-2-4-8(7)16-10(9)11-14/h1-4,13-14H,5-6H2. The second kappa shape index (κ2) is 4.63. The van der Waals surface area contributed by atoms with Crippen molar-refractivity contribution in [2.75, 3.05) is 13.2 Å². The van der Waals surface area contributed by atoms with E-state index in [0.717, 1.165) is 0 Å². The molecule has 0 aromatic heterocycles. The summed E-state index contributed by atoms with van der Waals surface area (Å²) in [5.41, 5.74) is 1.000. The zero-order valence-corrected chi connectivity index (χ0v) is 8.33. The van der Waals surface area contributed by atoms with Gasteiger partial charge < -0.3 is 19.9 Å². The van der Waals surface area contributed by atoms with Crippen molar-refractivity contribution >= 4 is 11.6 Å². The molecule has 1 aliphatic heterocycles. The lowest BCUT2D eigenvalue weighted by molar-refractivity contribution is 0.0991. The highest BCUT2D eigenvalue weighted by Gasteiger charge is 2.27. The number of hydrogen-bond donors (Lipinski definition) is 2. The first-order valence-corrected chi connectivity index (χ1v) is 4.67. The normalized spacial score (nSPS) is 18.6. The molecule has 6 heteroatoms. The van der Waals surface area contributed by atoms with Crippen LogP contribution in [0.1, 0.15) is 5.56 Å². The van der Waals surface area contributed by atoms with Crippen molar-refractivity contribution in [1.82, 2.24) is 0 Å². The first-order valence-electron chi connectivity index (χ1n) is 4.67. The number of benzene rings is 1. The van der Waals surface area contributed by atoms with Crippen molar-refractivity contribution in [2.24, 2.45) is 10.3 Å². The van der Waals surface area contributed by atoms with Crippen LogP contribution in [0, 0.1) is 0 Å². The van der Waals surface area contributed by atoms with Crippen molar-refractivity contribution in [3.8, 4) is 5.75 Å². The van der Waals surface area contributed by atoms with Gasteiger partial charge >= 0.3 is 0 Å². The first-order chi connectivity index (χ1) is 7.86. The molecule has 0 radical (unpaired) electrons. The van der Waals surface area contributed by atoms with Gasteiger partial charge in [0.05, 0.1) is 12.2 Å². The quantitative estimate of drug-likeness (QED) is 0.445. The molecule has 2 N–H and O–H groups in total. The summed E-state index contributed by atoms with van der Waals surface area (Å²) in [5, 5.41) is 24.0. The molecule has 0 saturated carbocycles. The van der Waals surface area contributed by atoms with E-state index in [0.29, 0.717) is 17.0 Å². The highest BCUT2D eigenvalue weighted by molar-refractivity contribution is 6.48. The van der Waals surface area contributed by atoms with E-state index in [1.807, 2.05) is 6.07 Å². The molecule has 0 amide bonds. The van der Waals surface area contributed by atoms with Crippen LogP contribution in [0.15, 0.2) is 34.6 Å². The molecule has 0 unspecified atom stereocenters. The van der Waals surface area contributed by atoms with E-state index in [-0.39, 0.29) is 19.1 Å². The zero-order chi connectivity index (χ0) is 11.4. The molecule has 6 nitrogen and oxygen atoms in total. The third-order valence-corrected chi connectivity index (χ3v) is 1.98. The fourth-order valence-electron chi connectivity index (χ4n) is 1.33. The summed E-state index contributed by atoms with van der Waals surface area (Å²) in [6.07, 6.45) is 0. The van der Waals surface area contributed by atoms with Crippen LogP contribution in [0.4, 0.5) is 0 Å². The highest BCUT2D eigenvalue weighted by atomic mass is 16.6. The summed E-state index contributed by atoms with van der Waals surface area (Å²) in [6, 6.07) is 7.11.